The number of nitrogens with one attached hydrogen (secondary N) is 1. The molecule has 0 saturated heterocycles. The molecule has 1 atom stereocenters. The summed E-state index contributed by atoms with van der Waals surface area (Å²) in [5, 5.41) is 3.33. The van der Waals surface area contributed by atoms with Crippen molar-refractivity contribution in [1.29, 1.82) is 0 Å². The second kappa shape index (κ2) is 8.83. The molecule has 0 heterocycles. The van der Waals surface area contributed by atoms with Crippen LogP contribution >= 0.6 is 11.8 Å². The summed E-state index contributed by atoms with van der Waals surface area (Å²) in [4.78, 5) is 1.37. The smallest absolute Gasteiger partial charge is 0.00719 e. The fourth-order valence-corrected chi connectivity index (χ4v) is 3.41. The van der Waals surface area contributed by atoms with Gasteiger partial charge in [0.1, 0.15) is 0 Å². The molecule has 2 aromatic carbocycles. The maximum Gasteiger partial charge on any atom is 0.00719 e. The Morgan fingerprint density at radius 2 is 1.60 bits per heavy atom. The van der Waals surface area contributed by atoms with Gasteiger partial charge in [-0.3, -0.25) is 0 Å². The molecule has 0 fully saturated rings. The van der Waals surface area contributed by atoms with E-state index in [1.54, 1.807) is 0 Å². The van der Waals surface area contributed by atoms with Gasteiger partial charge in [0.05, 0.1) is 0 Å². The third-order valence-electron chi connectivity index (χ3n) is 3.40. The van der Waals surface area contributed by atoms with Gasteiger partial charge in [-0.2, -0.15) is 0 Å². The van der Waals surface area contributed by atoms with E-state index in [0.717, 1.165) is 13.0 Å². The molecule has 0 amide bonds. The lowest BCUT2D eigenvalue weighted by atomic mass is 9.97. The first-order chi connectivity index (χ1) is 9.88. The van der Waals surface area contributed by atoms with Gasteiger partial charge >= 0.3 is 0 Å². The summed E-state index contributed by atoms with van der Waals surface area (Å²) < 4.78 is 0. The molecule has 0 saturated carbocycles. The fourth-order valence-electron chi connectivity index (χ4n) is 2.37. The molecule has 1 N–H and O–H groups in total. The van der Waals surface area contributed by atoms with Crippen LogP contribution in [0.1, 0.15) is 12.0 Å². The van der Waals surface area contributed by atoms with Crippen LogP contribution in [0.25, 0.3) is 0 Å². The van der Waals surface area contributed by atoms with Crippen molar-refractivity contribution in [3.05, 3.63) is 66.2 Å². The summed E-state index contributed by atoms with van der Waals surface area (Å²) in [5.41, 5.74) is 1.44. The van der Waals surface area contributed by atoms with Crippen molar-refractivity contribution in [3.63, 3.8) is 0 Å². The van der Waals surface area contributed by atoms with E-state index in [2.05, 4.69) is 66.0 Å². The Hall–Kier alpha value is -1.25. The predicted octanol–water partition coefficient (Wildman–Crippen LogP) is 4.25. The summed E-state index contributed by atoms with van der Waals surface area (Å²) in [5.74, 6) is 1.89. The average Bonchev–Trinajstić information content (AvgIpc) is 2.49. The number of rotatable bonds is 8. The standard InChI is InChI=1S/C18H23NS/c1-19-15-17(14-16-8-4-2-5-9-16)12-13-20-18-10-6-3-7-11-18/h2-11,17,19H,12-15H2,1H3. The van der Waals surface area contributed by atoms with E-state index in [-0.39, 0.29) is 0 Å². The molecule has 0 radical (unpaired) electrons. The number of hydrogen-bond donors (Lipinski definition) is 1. The molecule has 0 bridgehead atoms. The lowest BCUT2D eigenvalue weighted by Gasteiger charge is -2.16. The monoisotopic (exact) mass is 285 g/mol. The topological polar surface area (TPSA) is 12.0 Å². The van der Waals surface area contributed by atoms with E-state index in [9.17, 15) is 0 Å². The average molecular weight is 285 g/mol. The molecule has 2 heteroatoms. The molecule has 0 aliphatic carbocycles. The minimum atomic E-state index is 0.707. The molecule has 2 aromatic rings. The van der Waals surface area contributed by atoms with Crippen LogP contribution in [0.2, 0.25) is 0 Å². The van der Waals surface area contributed by atoms with Crippen molar-refractivity contribution in [1.82, 2.24) is 5.32 Å². The summed E-state index contributed by atoms with van der Waals surface area (Å²) in [6.45, 7) is 1.09. The molecular weight excluding hydrogens is 262 g/mol. The number of benzene rings is 2. The summed E-state index contributed by atoms with van der Waals surface area (Å²) in [7, 11) is 2.04. The van der Waals surface area contributed by atoms with Crippen molar-refractivity contribution < 1.29 is 0 Å². The van der Waals surface area contributed by atoms with Crippen LogP contribution in [-0.2, 0) is 6.42 Å². The van der Waals surface area contributed by atoms with Gasteiger partial charge in [-0.25, -0.2) is 0 Å². The maximum atomic E-state index is 3.33. The highest BCUT2D eigenvalue weighted by Gasteiger charge is 2.09. The van der Waals surface area contributed by atoms with Gasteiger partial charge < -0.3 is 5.32 Å². The van der Waals surface area contributed by atoms with E-state index < -0.39 is 0 Å². The third kappa shape index (κ3) is 5.40. The van der Waals surface area contributed by atoms with Crippen LogP contribution in [-0.4, -0.2) is 19.3 Å². The van der Waals surface area contributed by atoms with E-state index in [4.69, 9.17) is 0 Å². The van der Waals surface area contributed by atoms with Gasteiger partial charge in [0.2, 0.25) is 0 Å². The van der Waals surface area contributed by atoms with Gasteiger partial charge in [0.15, 0.2) is 0 Å². The molecule has 1 nitrogen and oxygen atoms in total. The van der Waals surface area contributed by atoms with Crippen LogP contribution in [0.15, 0.2) is 65.6 Å². The Balaban J connectivity index is 1.80. The van der Waals surface area contributed by atoms with Gasteiger partial charge in [-0.1, -0.05) is 48.5 Å². The molecule has 20 heavy (non-hydrogen) atoms. The molecule has 0 aliphatic rings. The van der Waals surface area contributed by atoms with E-state index >= 15 is 0 Å². The van der Waals surface area contributed by atoms with Crippen molar-refractivity contribution in [2.24, 2.45) is 5.92 Å². The number of thioether (sulfide) groups is 1. The van der Waals surface area contributed by atoms with Crippen LogP contribution < -0.4 is 5.32 Å². The molecule has 0 aromatic heterocycles. The minimum Gasteiger partial charge on any atom is -0.319 e. The second-order valence-electron chi connectivity index (χ2n) is 5.06. The molecule has 106 valence electrons. The zero-order valence-electron chi connectivity index (χ0n) is 12.1. The van der Waals surface area contributed by atoms with Crippen molar-refractivity contribution in [2.45, 2.75) is 17.7 Å². The highest BCUT2D eigenvalue weighted by molar-refractivity contribution is 7.99. The van der Waals surface area contributed by atoms with Crippen molar-refractivity contribution in [3.8, 4) is 0 Å². The normalized spacial score (nSPS) is 12.2. The summed E-state index contributed by atoms with van der Waals surface area (Å²) >= 11 is 1.96. The highest BCUT2D eigenvalue weighted by Crippen LogP contribution is 2.21. The van der Waals surface area contributed by atoms with Crippen molar-refractivity contribution >= 4 is 11.8 Å². The zero-order valence-corrected chi connectivity index (χ0v) is 12.9. The third-order valence-corrected chi connectivity index (χ3v) is 4.44. The zero-order chi connectivity index (χ0) is 14.0. The second-order valence-corrected chi connectivity index (χ2v) is 6.23. The first kappa shape index (κ1) is 15.1. The fraction of sp³-hybridized carbons (Fsp3) is 0.333. The molecular formula is C18H23NS. The summed E-state index contributed by atoms with van der Waals surface area (Å²) in [6, 6.07) is 21.5. The quantitative estimate of drug-likeness (QED) is 0.728. The van der Waals surface area contributed by atoms with Crippen LogP contribution in [0.3, 0.4) is 0 Å². The van der Waals surface area contributed by atoms with E-state index in [1.807, 2.05) is 18.8 Å². The Morgan fingerprint density at radius 3 is 2.25 bits per heavy atom. The van der Waals surface area contributed by atoms with Crippen LogP contribution in [0.5, 0.6) is 0 Å². The van der Waals surface area contributed by atoms with Gasteiger partial charge in [0.25, 0.3) is 0 Å². The van der Waals surface area contributed by atoms with E-state index in [0.29, 0.717) is 5.92 Å². The molecule has 1 unspecified atom stereocenters. The highest BCUT2D eigenvalue weighted by atomic mass is 32.2. The lowest BCUT2D eigenvalue weighted by Crippen LogP contribution is -2.21. The van der Waals surface area contributed by atoms with Gasteiger partial charge in [-0.15, -0.1) is 11.8 Å². The molecule has 2 rings (SSSR count). The Morgan fingerprint density at radius 1 is 0.950 bits per heavy atom. The SMILES string of the molecule is CNCC(CCSc1ccccc1)Cc1ccccc1. The minimum absolute atomic E-state index is 0.707. The number of hydrogen-bond acceptors (Lipinski definition) is 2. The van der Waals surface area contributed by atoms with Crippen molar-refractivity contribution in [2.75, 3.05) is 19.3 Å². The first-order valence-electron chi connectivity index (χ1n) is 7.25. The Bertz CT molecular complexity index is 469. The van der Waals surface area contributed by atoms with Gasteiger partial charge in [0, 0.05) is 4.90 Å². The predicted molar refractivity (Wildman–Crippen MR) is 89.3 cm³/mol. The maximum absolute atomic E-state index is 3.33. The van der Waals surface area contributed by atoms with Gasteiger partial charge in [-0.05, 0) is 55.8 Å². The largest absolute Gasteiger partial charge is 0.319 e. The van der Waals surface area contributed by atoms with Crippen LogP contribution in [0.4, 0.5) is 0 Å². The molecule has 0 spiro atoms. The summed E-state index contributed by atoms with van der Waals surface area (Å²) in [6.07, 6.45) is 2.41. The lowest BCUT2D eigenvalue weighted by molar-refractivity contribution is 0.484. The first-order valence-corrected chi connectivity index (χ1v) is 8.23. The molecule has 0 aliphatic heterocycles. The van der Waals surface area contributed by atoms with E-state index in [1.165, 1.54) is 22.6 Å². The van der Waals surface area contributed by atoms with Crippen LogP contribution in [0, 0.1) is 5.92 Å². The Kier molecular flexibility index (Phi) is 6.69. The Labute approximate surface area is 126 Å².